The molecule has 0 aliphatic heterocycles. The zero-order valence-electron chi connectivity index (χ0n) is 12.3. The summed E-state index contributed by atoms with van der Waals surface area (Å²) in [6.07, 6.45) is 0. The normalized spacial score (nSPS) is 20.6. The Morgan fingerprint density at radius 2 is 0.536 bits per heavy atom. The van der Waals surface area contributed by atoms with Gasteiger partial charge in [-0.3, -0.25) is 26.9 Å². The van der Waals surface area contributed by atoms with Crippen molar-refractivity contribution in [2.45, 2.75) is 0 Å². The number of hydrogen-bond donors (Lipinski definition) is 0. The third-order valence-corrected chi connectivity index (χ3v) is 9.00. The molecule has 0 aliphatic carbocycles. The Hall–Kier alpha value is 3.18. The Morgan fingerprint density at radius 1 is 0.393 bits per heavy atom. The smallest absolute Gasteiger partial charge is 0.790 e. The second kappa shape index (κ2) is 13.2. The first kappa shape index (κ1) is 38.4. The van der Waals surface area contributed by atoms with Crippen LogP contribution in [0.5, 0.6) is 0 Å². The molecular weight excluding hydrogens is 584 g/mol. The van der Waals surface area contributed by atoms with Gasteiger partial charge >= 0.3 is 72.5 Å². The van der Waals surface area contributed by atoms with E-state index in [0.29, 0.717) is 0 Å². The zero-order chi connectivity index (χ0) is 20.5. The van der Waals surface area contributed by atoms with Crippen molar-refractivity contribution in [3.8, 4) is 0 Å². The molecule has 28 heavy (non-hydrogen) atoms. The Balaban J connectivity index is -0.000000960. The predicted molar refractivity (Wildman–Crippen MR) is 68.3 cm³/mol. The number of phosphoric acid groups is 6. The van der Waals surface area contributed by atoms with E-state index in [1.807, 2.05) is 0 Å². The molecule has 4 unspecified atom stereocenters. The summed E-state index contributed by atoms with van der Waals surface area (Å²) in [5.41, 5.74) is 0. The van der Waals surface area contributed by atoms with Crippen LogP contribution in [0.25, 0.3) is 0 Å². The summed E-state index contributed by atoms with van der Waals surface area (Å²) >= 11 is 0. The van der Waals surface area contributed by atoms with Crippen molar-refractivity contribution in [1.29, 1.82) is 0 Å². The van der Waals surface area contributed by atoms with Crippen LogP contribution in [0.3, 0.4) is 0 Å². The van der Waals surface area contributed by atoms with Gasteiger partial charge in [0, 0.05) is 0 Å². The molecule has 19 nitrogen and oxygen atoms in total. The van der Waals surface area contributed by atoms with Gasteiger partial charge in [0.15, 0.2) is 0 Å². The van der Waals surface area contributed by atoms with Gasteiger partial charge in [0.1, 0.15) is 0 Å². The van der Waals surface area contributed by atoms with Gasteiger partial charge in [0.25, 0.3) is 31.3 Å². The summed E-state index contributed by atoms with van der Waals surface area (Å²) in [5.74, 6) is 0. The van der Waals surface area contributed by atoms with Crippen molar-refractivity contribution < 1.29 is 88.1 Å². The van der Waals surface area contributed by atoms with Gasteiger partial charge in [-0.15, -0.1) is 0 Å². The van der Waals surface area contributed by atoms with Crippen LogP contribution in [-0.2, 0) is 48.9 Å². The van der Waals surface area contributed by atoms with Crippen LogP contribution in [0.4, 0.5) is 0 Å². The van der Waals surface area contributed by atoms with Crippen molar-refractivity contribution in [1.82, 2.24) is 0 Å². The van der Waals surface area contributed by atoms with Gasteiger partial charge in [-0.05, 0) is 0 Å². The number of rotatable bonds is 10. The van der Waals surface area contributed by atoms with E-state index < -0.39 is 46.9 Å². The molecule has 0 fully saturated rings. The SMILES string of the molecule is O=P([O-])([O-])OP(=O)([O-])OP(=O)([O-])OP(=O)([O-])OP(=O)([O-])OP(=O)([O-])[O-].[Al+3].[Al+3].[Ca+2]. The minimum absolute atomic E-state index is 0. The van der Waals surface area contributed by atoms with Crippen LogP contribution >= 0.6 is 46.9 Å². The van der Waals surface area contributed by atoms with Crippen molar-refractivity contribution in [2.24, 2.45) is 0 Å². The quantitative estimate of drug-likeness (QED) is 0.170. The first-order valence-corrected chi connectivity index (χ1v) is 13.1. The summed E-state index contributed by atoms with van der Waals surface area (Å²) in [6.45, 7) is 0. The van der Waals surface area contributed by atoms with Gasteiger partial charge in [-0.1, -0.05) is 0 Å². The predicted octanol–water partition coefficient (Wildman–Crippen LogP) is -6.54. The monoisotopic (exact) mass is 584 g/mol. The standard InChI is InChI=1S/2Al.Ca.H8O19P6/c;;;1-20(2,3)15-22(7,8)17-24(11,12)19-25(13,14)18-23(9,10)16-21(4,5)6/h;;;(H,7,8)(H,9,10)(H,11,12)(H,13,14)(H2,1,2,3)(H2,4,5,6)/q2*+3;+2;/p-8. The topological polar surface area (TPSA) is 333 Å². The van der Waals surface area contributed by atoms with E-state index in [9.17, 15) is 66.5 Å². The summed E-state index contributed by atoms with van der Waals surface area (Å²) in [5, 5.41) is 0. The van der Waals surface area contributed by atoms with Crippen LogP contribution in [0.15, 0.2) is 0 Å². The third-order valence-electron chi connectivity index (χ3n) is 1.000. The Morgan fingerprint density at radius 3 is 0.679 bits per heavy atom. The van der Waals surface area contributed by atoms with Crippen molar-refractivity contribution in [3.05, 3.63) is 0 Å². The molecule has 0 aromatic rings. The maximum absolute atomic E-state index is 10.9. The summed E-state index contributed by atoms with van der Waals surface area (Å²) in [7, 11) is -39.4. The van der Waals surface area contributed by atoms with Crippen LogP contribution in [0, 0.1) is 0 Å². The second-order valence-electron chi connectivity index (χ2n) is 3.09. The molecule has 0 aliphatic rings. The minimum Gasteiger partial charge on any atom is -0.790 e. The fourth-order valence-electron chi connectivity index (χ4n) is 0.672. The number of hydrogen-bond acceptors (Lipinski definition) is 19. The molecule has 0 amide bonds. The molecule has 0 saturated heterocycles. The van der Waals surface area contributed by atoms with Gasteiger partial charge in [-0.2, -0.15) is 0 Å². The molecule has 0 N–H and O–H groups in total. The van der Waals surface area contributed by atoms with Crippen molar-refractivity contribution in [2.75, 3.05) is 0 Å². The molecule has 0 bridgehead atoms. The van der Waals surface area contributed by atoms with Crippen molar-refractivity contribution in [3.63, 3.8) is 0 Å². The molecule has 4 atom stereocenters. The first-order valence-electron chi connectivity index (χ1n) is 4.38. The second-order valence-corrected chi connectivity index (χ2v) is 11.7. The van der Waals surface area contributed by atoms with E-state index in [1.165, 1.54) is 0 Å². The summed E-state index contributed by atoms with van der Waals surface area (Å²) < 4.78 is 76.7. The molecule has 28 heteroatoms. The first-order chi connectivity index (χ1) is 10.5. The van der Waals surface area contributed by atoms with E-state index >= 15 is 0 Å². The van der Waals surface area contributed by atoms with E-state index in [4.69, 9.17) is 0 Å². The molecule has 0 aromatic carbocycles. The molecule has 0 spiro atoms. The average molecular weight is 584 g/mol. The fraction of sp³-hybridized carbons (Fsp3) is 0. The van der Waals surface area contributed by atoms with Gasteiger partial charge in [-0.25, -0.2) is 12.9 Å². The zero-order valence-corrected chi connectivity index (χ0v) is 22.2. The largest absolute Gasteiger partial charge is 3.00 e. The Bertz CT molecular complexity index is 707. The maximum Gasteiger partial charge on any atom is 3.00 e. The molecular formula is Al2CaO19P6. The summed E-state index contributed by atoms with van der Waals surface area (Å²) in [4.78, 5) is 83.1. The van der Waals surface area contributed by atoms with Gasteiger partial charge in [0.05, 0.1) is 15.6 Å². The molecule has 152 valence electrons. The molecule has 0 rings (SSSR count). The van der Waals surface area contributed by atoms with E-state index in [2.05, 4.69) is 21.6 Å². The summed E-state index contributed by atoms with van der Waals surface area (Å²) in [6, 6.07) is 0. The third kappa shape index (κ3) is 21.1. The average Bonchev–Trinajstić information content (AvgIpc) is 1.97. The van der Waals surface area contributed by atoms with E-state index in [1.54, 1.807) is 0 Å². The van der Waals surface area contributed by atoms with Crippen LogP contribution in [0.2, 0.25) is 0 Å². The van der Waals surface area contributed by atoms with E-state index in [-0.39, 0.29) is 72.5 Å². The van der Waals surface area contributed by atoms with Crippen molar-refractivity contribution >= 4 is 119 Å². The van der Waals surface area contributed by atoms with Crippen LogP contribution in [0.1, 0.15) is 0 Å². The van der Waals surface area contributed by atoms with Crippen LogP contribution < -0.4 is 39.1 Å². The molecule has 0 heterocycles. The molecule has 0 saturated carbocycles. The maximum atomic E-state index is 10.9. The molecule has 0 aromatic heterocycles. The fourth-order valence-corrected chi connectivity index (χ4v) is 7.12. The van der Waals surface area contributed by atoms with Crippen LogP contribution in [-0.4, -0.2) is 72.5 Å². The molecule has 0 radical (unpaired) electrons. The van der Waals surface area contributed by atoms with Gasteiger partial charge < -0.3 is 48.3 Å². The minimum atomic E-state index is -6.75. The Kier molecular flexibility index (Phi) is 18.1. The van der Waals surface area contributed by atoms with E-state index in [0.717, 1.165) is 0 Å². The Labute approximate surface area is 205 Å². The van der Waals surface area contributed by atoms with Gasteiger partial charge in [0.2, 0.25) is 0 Å².